The number of anilines is 1. The van der Waals surface area contributed by atoms with Crippen LogP contribution in [-0.2, 0) is 0 Å². The summed E-state index contributed by atoms with van der Waals surface area (Å²) in [7, 11) is 0. The van der Waals surface area contributed by atoms with Crippen LogP contribution in [0.1, 0.15) is 0 Å². The summed E-state index contributed by atoms with van der Waals surface area (Å²) in [6.07, 6.45) is -3.10. The number of nitrogens with one attached hydrogen (secondary N) is 2. The van der Waals surface area contributed by atoms with Crippen molar-refractivity contribution < 1.29 is 22.3 Å². The molecule has 0 radical (unpaired) electrons. The molecule has 2 unspecified atom stereocenters. The van der Waals surface area contributed by atoms with Crippen molar-refractivity contribution in [2.24, 2.45) is 0 Å². The van der Waals surface area contributed by atoms with Crippen molar-refractivity contribution in [1.29, 1.82) is 0 Å². The number of aromatic nitrogens is 3. The van der Waals surface area contributed by atoms with E-state index in [9.17, 15) is 17.6 Å². The lowest BCUT2D eigenvalue weighted by molar-refractivity contribution is -0.274. The zero-order valence-corrected chi connectivity index (χ0v) is 13.9. The third-order valence-electron chi connectivity index (χ3n) is 4.20. The first-order chi connectivity index (χ1) is 12.9. The summed E-state index contributed by atoms with van der Waals surface area (Å²) in [6, 6.07) is 7.36. The number of nitrogens with zero attached hydrogens (tertiary/aromatic N) is 3. The van der Waals surface area contributed by atoms with Crippen LogP contribution in [0, 0.1) is 0 Å². The second kappa shape index (κ2) is 6.69. The van der Waals surface area contributed by atoms with Crippen LogP contribution in [0.15, 0.2) is 42.7 Å². The first kappa shape index (κ1) is 17.5. The Morgan fingerprint density at radius 1 is 1.19 bits per heavy atom. The van der Waals surface area contributed by atoms with Gasteiger partial charge >= 0.3 is 6.36 Å². The summed E-state index contributed by atoms with van der Waals surface area (Å²) < 4.78 is 56.6. The van der Waals surface area contributed by atoms with Crippen LogP contribution in [0.3, 0.4) is 0 Å². The Hall–Kier alpha value is -2.88. The minimum atomic E-state index is -4.78. The van der Waals surface area contributed by atoms with E-state index in [1.165, 1.54) is 28.9 Å². The van der Waals surface area contributed by atoms with Gasteiger partial charge in [-0.15, -0.1) is 13.2 Å². The van der Waals surface area contributed by atoms with Gasteiger partial charge < -0.3 is 15.4 Å². The van der Waals surface area contributed by atoms with Gasteiger partial charge in [-0.1, -0.05) is 6.07 Å². The smallest absolute Gasteiger partial charge is 0.404 e. The van der Waals surface area contributed by atoms with E-state index in [0.29, 0.717) is 29.4 Å². The molecule has 10 heteroatoms. The molecule has 142 valence electrons. The highest BCUT2D eigenvalue weighted by Gasteiger charge is 2.31. The molecule has 1 saturated heterocycles. The van der Waals surface area contributed by atoms with Gasteiger partial charge in [0.1, 0.15) is 23.4 Å². The highest BCUT2D eigenvalue weighted by Crippen LogP contribution is 2.26. The normalized spacial score (nSPS) is 20.1. The second-order valence-corrected chi connectivity index (χ2v) is 6.12. The number of ether oxygens (including phenoxy) is 1. The molecule has 0 amide bonds. The van der Waals surface area contributed by atoms with Gasteiger partial charge in [0.25, 0.3) is 0 Å². The summed E-state index contributed by atoms with van der Waals surface area (Å²) in [6.45, 7) is 0.771. The molecule has 3 aromatic rings. The summed E-state index contributed by atoms with van der Waals surface area (Å²) in [5.74, 6) is 0.113. The van der Waals surface area contributed by atoms with E-state index in [1.807, 2.05) is 0 Å². The largest absolute Gasteiger partial charge is 0.573 e. The van der Waals surface area contributed by atoms with Crippen molar-refractivity contribution in [1.82, 2.24) is 19.7 Å². The van der Waals surface area contributed by atoms with Gasteiger partial charge in [0, 0.05) is 13.1 Å². The maximum Gasteiger partial charge on any atom is 0.573 e. The average Bonchev–Trinajstić information content (AvgIpc) is 3.20. The predicted molar refractivity (Wildman–Crippen MR) is 90.3 cm³/mol. The van der Waals surface area contributed by atoms with E-state index in [1.54, 1.807) is 18.2 Å². The molecule has 1 aliphatic rings. The van der Waals surface area contributed by atoms with Crippen LogP contribution in [0.2, 0.25) is 0 Å². The number of hydrogen-bond acceptors (Lipinski definition) is 5. The minimum absolute atomic E-state index is 0.284. The fourth-order valence-corrected chi connectivity index (χ4v) is 2.98. The Bertz CT molecular complexity index is 958. The van der Waals surface area contributed by atoms with Crippen LogP contribution in [0.25, 0.3) is 17.0 Å². The summed E-state index contributed by atoms with van der Waals surface area (Å²) in [4.78, 5) is 8.61. The molecular weight excluding hydrogens is 366 g/mol. The molecule has 2 N–H and O–H groups in total. The summed E-state index contributed by atoms with van der Waals surface area (Å²) >= 11 is 0. The Morgan fingerprint density at radius 3 is 2.78 bits per heavy atom. The minimum Gasteiger partial charge on any atom is -0.404 e. The quantitative estimate of drug-likeness (QED) is 0.681. The Kier molecular flexibility index (Phi) is 4.34. The molecule has 27 heavy (non-hydrogen) atoms. The van der Waals surface area contributed by atoms with Gasteiger partial charge in [-0.25, -0.2) is 14.4 Å². The molecule has 2 atom stereocenters. The third kappa shape index (κ3) is 3.80. The van der Waals surface area contributed by atoms with Gasteiger partial charge in [-0.2, -0.15) is 0 Å². The molecule has 0 aliphatic carbocycles. The number of hydrogen-bond donors (Lipinski definition) is 2. The van der Waals surface area contributed by atoms with Crippen LogP contribution < -0.4 is 15.4 Å². The van der Waals surface area contributed by atoms with Crippen LogP contribution in [-0.4, -0.2) is 46.0 Å². The first-order valence-corrected chi connectivity index (χ1v) is 8.21. The summed E-state index contributed by atoms with van der Waals surface area (Å²) in [5.41, 5.74) is 1.42. The maximum atomic E-state index is 13.8. The maximum absolute atomic E-state index is 13.8. The molecular formula is C17H15F4N5O. The molecule has 4 heterocycles. The lowest BCUT2D eigenvalue weighted by Crippen LogP contribution is -2.29. The number of alkyl halides is 4. The van der Waals surface area contributed by atoms with Gasteiger partial charge in [0.2, 0.25) is 0 Å². The van der Waals surface area contributed by atoms with Crippen molar-refractivity contribution in [2.45, 2.75) is 18.6 Å². The van der Waals surface area contributed by atoms with Gasteiger partial charge in [0.15, 0.2) is 0 Å². The Balaban J connectivity index is 1.65. The molecule has 0 saturated carbocycles. The molecule has 6 nitrogen and oxygen atoms in total. The number of rotatable bonds is 4. The van der Waals surface area contributed by atoms with Crippen LogP contribution >= 0.6 is 0 Å². The lowest BCUT2D eigenvalue weighted by Gasteiger charge is -2.15. The predicted octanol–water partition coefficient (Wildman–Crippen LogP) is 3.02. The fraction of sp³-hybridized carbons (Fsp3) is 0.294. The monoisotopic (exact) mass is 381 g/mol. The molecule has 4 rings (SSSR count). The van der Waals surface area contributed by atoms with Crippen molar-refractivity contribution in [2.75, 3.05) is 18.4 Å². The van der Waals surface area contributed by atoms with Gasteiger partial charge in [-0.05, 0) is 24.3 Å². The number of fused-ring (bicyclic) bond motifs is 1. The highest BCUT2D eigenvalue weighted by molar-refractivity contribution is 5.62. The third-order valence-corrected chi connectivity index (χ3v) is 4.20. The number of halogens is 4. The van der Waals surface area contributed by atoms with Crippen molar-refractivity contribution in [3.8, 4) is 17.1 Å². The second-order valence-electron chi connectivity index (χ2n) is 6.12. The molecule has 3 aromatic heterocycles. The molecule has 1 aliphatic heterocycles. The van der Waals surface area contributed by atoms with Crippen molar-refractivity contribution in [3.63, 3.8) is 0 Å². The van der Waals surface area contributed by atoms with E-state index < -0.39 is 12.5 Å². The van der Waals surface area contributed by atoms with Crippen molar-refractivity contribution in [3.05, 3.63) is 42.7 Å². The Labute approximate surface area is 151 Å². The first-order valence-electron chi connectivity index (χ1n) is 8.21. The number of imidazole rings is 1. The molecule has 0 spiro atoms. The van der Waals surface area contributed by atoms with Crippen molar-refractivity contribution >= 4 is 11.5 Å². The van der Waals surface area contributed by atoms with Gasteiger partial charge in [0.05, 0.1) is 29.8 Å². The van der Waals surface area contributed by atoms with Crippen LogP contribution in [0.5, 0.6) is 5.75 Å². The van der Waals surface area contributed by atoms with E-state index in [-0.39, 0.29) is 18.3 Å². The fourth-order valence-electron chi connectivity index (χ4n) is 2.98. The van der Waals surface area contributed by atoms with Crippen LogP contribution in [0.4, 0.5) is 23.4 Å². The van der Waals surface area contributed by atoms with E-state index in [4.69, 9.17) is 0 Å². The topological polar surface area (TPSA) is 63.5 Å². The lowest BCUT2D eigenvalue weighted by atomic mass is 10.2. The Morgan fingerprint density at radius 2 is 2.04 bits per heavy atom. The zero-order valence-electron chi connectivity index (χ0n) is 13.9. The molecule has 0 bridgehead atoms. The zero-order chi connectivity index (χ0) is 19.0. The standard InChI is InChI=1S/C17H15F4N5O/c18-11-6-22-7-13(11)25-15-3-1-2-12(24-15)14-8-23-16-5-4-10(9-26(14)16)27-17(19,20)21/h1-5,8-9,11,13,22H,6-7H2,(H,24,25). The van der Waals surface area contributed by atoms with Gasteiger partial charge in [-0.3, -0.25) is 4.40 Å². The summed E-state index contributed by atoms with van der Waals surface area (Å²) in [5, 5.41) is 5.98. The molecule has 0 aromatic carbocycles. The average molecular weight is 381 g/mol. The highest BCUT2D eigenvalue weighted by atomic mass is 19.4. The van der Waals surface area contributed by atoms with E-state index in [0.717, 1.165) is 0 Å². The van der Waals surface area contributed by atoms with E-state index in [2.05, 4.69) is 25.3 Å². The molecule has 1 fully saturated rings. The van der Waals surface area contributed by atoms with E-state index >= 15 is 0 Å². The SMILES string of the molecule is FC1CNCC1Nc1cccc(-c2cnc3ccc(OC(F)(F)F)cn23)n1. The number of pyridine rings is 2.